The van der Waals surface area contributed by atoms with Crippen molar-refractivity contribution in [2.24, 2.45) is 0 Å². The first-order valence-electron chi connectivity index (χ1n) is 7.90. The van der Waals surface area contributed by atoms with Gasteiger partial charge in [-0.1, -0.05) is 20.3 Å². The third-order valence-corrected chi connectivity index (χ3v) is 7.25. The van der Waals surface area contributed by atoms with Gasteiger partial charge in [0, 0.05) is 17.5 Å². The van der Waals surface area contributed by atoms with Gasteiger partial charge in [-0.3, -0.25) is 0 Å². The summed E-state index contributed by atoms with van der Waals surface area (Å²) in [5.41, 5.74) is 0. The molecule has 1 fully saturated rings. The summed E-state index contributed by atoms with van der Waals surface area (Å²) in [5.74, 6) is 0. The summed E-state index contributed by atoms with van der Waals surface area (Å²) in [7, 11) is -3.29. The quantitative estimate of drug-likeness (QED) is 0.671. The zero-order valence-corrected chi connectivity index (χ0v) is 14.6. The number of hydrogen-bond acceptors (Lipinski definition) is 4. The normalized spacial score (nSPS) is 15.8. The lowest BCUT2D eigenvalue weighted by Gasteiger charge is -2.20. The third kappa shape index (κ3) is 4.52. The molecule has 0 aromatic carbocycles. The molecule has 1 aromatic rings. The highest BCUT2D eigenvalue weighted by molar-refractivity contribution is 7.91. The van der Waals surface area contributed by atoms with Crippen LogP contribution in [0.3, 0.4) is 0 Å². The lowest BCUT2D eigenvalue weighted by atomic mass is 10.3. The zero-order chi connectivity index (χ0) is 15.3. The Hall–Kier alpha value is -0.430. The molecule has 1 heterocycles. The van der Waals surface area contributed by atoms with Crippen molar-refractivity contribution in [3.05, 3.63) is 17.0 Å². The van der Waals surface area contributed by atoms with Crippen molar-refractivity contribution in [2.45, 2.75) is 56.2 Å². The van der Waals surface area contributed by atoms with Crippen molar-refractivity contribution < 1.29 is 8.42 Å². The average Bonchev–Trinajstić information content (AvgIpc) is 3.16. The number of sulfonamides is 1. The van der Waals surface area contributed by atoms with Crippen LogP contribution in [0.2, 0.25) is 0 Å². The topological polar surface area (TPSA) is 49.4 Å². The zero-order valence-electron chi connectivity index (χ0n) is 13.0. The predicted molar refractivity (Wildman–Crippen MR) is 88.4 cm³/mol. The minimum atomic E-state index is -3.29. The van der Waals surface area contributed by atoms with Crippen LogP contribution in [-0.2, 0) is 16.4 Å². The maximum atomic E-state index is 12.8. The number of hydrogen-bond donors (Lipinski definition) is 1. The number of rotatable bonds is 10. The van der Waals surface area contributed by atoms with Gasteiger partial charge >= 0.3 is 0 Å². The van der Waals surface area contributed by atoms with Gasteiger partial charge in [0.25, 0.3) is 10.0 Å². The van der Waals surface area contributed by atoms with Gasteiger partial charge in [-0.2, -0.15) is 4.31 Å². The van der Waals surface area contributed by atoms with Crippen molar-refractivity contribution in [2.75, 3.05) is 19.6 Å². The molecule has 0 amide bonds. The highest BCUT2D eigenvalue weighted by Crippen LogP contribution is 2.34. The molecule has 0 radical (unpaired) electrons. The Morgan fingerprint density at radius 1 is 1.33 bits per heavy atom. The van der Waals surface area contributed by atoms with Crippen molar-refractivity contribution in [1.29, 1.82) is 0 Å². The Labute approximate surface area is 132 Å². The molecule has 1 N–H and O–H groups in total. The molecule has 0 atom stereocenters. The fraction of sp³-hybridized carbons (Fsp3) is 0.733. The second kappa shape index (κ2) is 7.72. The minimum absolute atomic E-state index is 0.244. The summed E-state index contributed by atoms with van der Waals surface area (Å²) >= 11 is 1.43. The predicted octanol–water partition coefficient (Wildman–Crippen LogP) is 2.85. The van der Waals surface area contributed by atoms with E-state index in [0.29, 0.717) is 10.8 Å². The van der Waals surface area contributed by atoms with E-state index in [0.717, 1.165) is 50.1 Å². The summed E-state index contributed by atoms with van der Waals surface area (Å²) < 4.78 is 27.8. The maximum absolute atomic E-state index is 12.8. The monoisotopic (exact) mass is 330 g/mol. The molecule has 0 aliphatic heterocycles. The highest BCUT2D eigenvalue weighted by Gasteiger charge is 2.38. The largest absolute Gasteiger partial charge is 0.317 e. The van der Waals surface area contributed by atoms with Crippen molar-refractivity contribution in [3.63, 3.8) is 0 Å². The lowest BCUT2D eigenvalue weighted by molar-refractivity contribution is 0.397. The first-order chi connectivity index (χ1) is 10.1. The second-order valence-electron chi connectivity index (χ2n) is 5.52. The summed E-state index contributed by atoms with van der Waals surface area (Å²) in [6.07, 6.45) is 4.89. The van der Waals surface area contributed by atoms with E-state index in [1.54, 1.807) is 10.4 Å². The Morgan fingerprint density at radius 2 is 2.10 bits per heavy atom. The molecule has 2 rings (SSSR count). The van der Waals surface area contributed by atoms with Gasteiger partial charge in [0.1, 0.15) is 4.21 Å². The molecular weight excluding hydrogens is 304 g/mol. The summed E-state index contributed by atoms with van der Waals surface area (Å²) in [6.45, 7) is 6.68. The second-order valence-corrected chi connectivity index (χ2v) is 8.81. The van der Waals surface area contributed by atoms with Crippen LogP contribution in [-0.4, -0.2) is 38.4 Å². The van der Waals surface area contributed by atoms with Crippen LogP contribution in [0.15, 0.2) is 16.3 Å². The number of likely N-dealkylation sites (N-methyl/N-ethyl adjacent to an activating group) is 1. The van der Waals surface area contributed by atoms with E-state index in [2.05, 4.69) is 19.2 Å². The molecule has 0 unspecified atom stereocenters. The van der Waals surface area contributed by atoms with E-state index in [1.165, 1.54) is 11.3 Å². The van der Waals surface area contributed by atoms with Gasteiger partial charge in [-0.25, -0.2) is 8.42 Å². The van der Waals surface area contributed by atoms with E-state index >= 15 is 0 Å². The van der Waals surface area contributed by atoms with Crippen LogP contribution in [0, 0.1) is 0 Å². The van der Waals surface area contributed by atoms with Gasteiger partial charge in [0.15, 0.2) is 0 Å². The number of nitrogens with one attached hydrogen (secondary N) is 1. The first-order valence-corrected chi connectivity index (χ1v) is 10.2. The van der Waals surface area contributed by atoms with Gasteiger partial charge < -0.3 is 5.32 Å². The van der Waals surface area contributed by atoms with E-state index in [1.807, 2.05) is 6.07 Å². The van der Waals surface area contributed by atoms with E-state index < -0.39 is 10.0 Å². The smallest absolute Gasteiger partial charge is 0.252 e. The van der Waals surface area contributed by atoms with Crippen LogP contribution in [0.4, 0.5) is 0 Å². The molecule has 120 valence electrons. The van der Waals surface area contributed by atoms with E-state index in [9.17, 15) is 8.42 Å². The number of unbranched alkanes of at least 4 members (excludes halogenated alkanes) is 1. The van der Waals surface area contributed by atoms with Crippen molar-refractivity contribution >= 4 is 21.4 Å². The summed E-state index contributed by atoms with van der Waals surface area (Å²) in [4.78, 5) is 1.14. The SMILES string of the molecule is CCCCN(C1CC1)S(=O)(=O)c1ccc(CCNCC)s1. The Morgan fingerprint density at radius 3 is 2.71 bits per heavy atom. The van der Waals surface area contributed by atoms with Gasteiger partial charge in [0.05, 0.1) is 0 Å². The average molecular weight is 331 g/mol. The Balaban J connectivity index is 2.06. The minimum Gasteiger partial charge on any atom is -0.317 e. The van der Waals surface area contributed by atoms with Crippen LogP contribution in [0.5, 0.6) is 0 Å². The molecule has 1 aliphatic rings. The molecule has 6 heteroatoms. The van der Waals surface area contributed by atoms with Crippen LogP contribution < -0.4 is 5.32 Å². The maximum Gasteiger partial charge on any atom is 0.252 e. The van der Waals surface area contributed by atoms with Crippen molar-refractivity contribution in [1.82, 2.24) is 9.62 Å². The Kier molecular flexibility index (Phi) is 6.22. The number of nitrogens with zero attached hydrogens (tertiary/aromatic N) is 1. The first kappa shape index (κ1) is 16.9. The molecule has 4 nitrogen and oxygen atoms in total. The standard InChI is InChI=1S/C15H26N2O2S2/c1-3-5-12-17(13-6-7-13)21(18,19)15-9-8-14(20-15)10-11-16-4-2/h8-9,13,16H,3-7,10-12H2,1-2H3. The molecule has 21 heavy (non-hydrogen) atoms. The molecule has 0 bridgehead atoms. The molecule has 0 saturated heterocycles. The lowest BCUT2D eigenvalue weighted by Crippen LogP contribution is -2.33. The fourth-order valence-electron chi connectivity index (χ4n) is 2.31. The van der Waals surface area contributed by atoms with Crippen molar-refractivity contribution in [3.8, 4) is 0 Å². The van der Waals surface area contributed by atoms with E-state index in [4.69, 9.17) is 0 Å². The molecular formula is C15H26N2O2S2. The molecule has 1 aromatic heterocycles. The Bertz CT molecular complexity index is 536. The summed E-state index contributed by atoms with van der Waals surface area (Å²) in [6, 6.07) is 3.98. The summed E-state index contributed by atoms with van der Waals surface area (Å²) in [5, 5.41) is 3.27. The van der Waals surface area contributed by atoms with Gasteiger partial charge in [-0.15, -0.1) is 11.3 Å². The van der Waals surface area contributed by atoms with E-state index in [-0.39, 0.29) is 6.04 Å². The van der Waals surface area contributed by atoms with Gasteiger partial charge in [0.2, 0.25) is 0 Å². The van der Waals surface area contributed by atoms with Crippen LogP contribution >= 0.6 is 11.3 Å². The highest BCUT2D eigenvalue weighted by atomic mass is 32.2. The number of thiophene rings is 1. The van der Waals surface area contributed by atoms with Crippen LogP contribution in [0.25, 0.3) is 0 Å². The molecule has 1 aliphatic carbocycles. The molecule has 1 saturated carbocycles. The third-order valence-electron chi connectivity index (χ3n) is 3.68. The molecule has 0 spiro atoms. The fourth-order valence-corrected chi connectivity index (χ4v) is 5.52. The van der Waals surface area contributed by atoms with Crippen LogP contribution in [0.1, 0.15) is 44.4 Å². The van der Waals surface area contributed by atoms with Gasteiger partial charge in [-0.05, 0) is 50.9 Å².